The Labute approximate surface area is 454 Å². The number of nitrogens with zero attached hydrogens (tertiary/aromatic N) is 5. The van der Waals surface area contributed by atoms with Gasteiger partial charge in [0.25, 0.3) is 5.91 Å². The number of amides is 8. The number of aromatic hydroxyl groups is 1. The Morgan fingerprint density at radius 2 is 1.17 bits per heavy atom. The molecule has 0 saturated carbocycles. The van der Waals surface area contributed by atoms with Gasteiger partial charge in [-0.05, 0) is 73.3 Å². The van der Waals surface area contributed by atoms with Gasteiger partial charge < -0.3 is 51.1 Å². The molecule has 4 bridgehead atoms. The number of anilines is 2. The predicted octanol–water partition coefficient (Wildman–Crippen LogP) is 2.20. The molecule has 78 heavy (non-hydrogen) atoms. The molecule has 3 aromatic carbocycles. The summed E-state index contributed by atoms with van der Waals surface area (Å²) < 4.78 is 0. The minimum atomic E-state index is -1.76. The van der Waals surface area contributed by atoms with E-state index in [1.165, 1.54) is 21.9 Å². The average Bonchev–Trinajstić information content (AvgIpc) is 4.26. The van der Waals surface area contributed by atoms with Gasteiger partial charge in [0, 0.05) is 49.2 Å². The van der Waals surface area contributed by atoms with E-state index in [-0.39, 0.29) is 49.9 Å². The fourth-order valence-electron chi connectivity index (χ4n) is 14.2. The van der Waals surface area contributed by atoms with E-state index in [0.717, 1.165) is 0 Å². The van der Waals surface area contributed by atoms with Gasteiger partial charge in [0.2, 0.25) is 41.4 Å². The van der Waals surface area contributed by atoms with Crippen molar-refractivity contribution < 1.29 is 48.6 Å². The molecule has 1 spiro atoms. The molecule has 8 aliphatic rings. The van der Waals surface area contributed by atoms with Gasteiger partial charge >= 0.3 is 0 Å². The van der Waals surface area contributed by atoms with Gasteiger partial charge in [-0.25, -0.2) is 0 Å². The Morgan fingerprint density at radius 1 is 0.603 bits per heavy atom. The van der Waals surface area contributed by atoms with Crippen LogP contribution in [-0.2, 0) is 55.9 Å². The second-order valence-electron chi connectivity index (χ2n) is 23.4. The number of benzene rings is 3. The highest BCUT2D eigenvalue weighted by molar-refractivity contribution is 6.09. The maximum atomic E-state index is 15.7. The molecule has 8 amide bonds. The predicted molar refractivity (Wildman–Crippen MR) is 286 cm³/mol. The SMILES string of the molecule is CCC(C)[C@@H]1NC(=O)[C@@H]2CCCN2C(=O)[C@H](C(C)C)NC(=O)[C@@H]2CCCN2C(=O)[C@H](C(C)CC)NC(=O)C2C[C@@]3(O)c4ccccc4N([C@H]3N2)[C@@]23C[C@@H](NC1=O)C(=O)N1C2N(C(=O)[C@@H]1Cc1ccc(O)cc1)c1ccccc13. The van der Waals surface area contributed by atoms with Crippen LogP contribution in [0.5, 0.6) is 5.75 Å². The number of phenolic OH excluding ortho intramolecular Hbond substituents is 1. The Morgan fingerprint density at radius 3 is 1.79 bits per heavy atom. The summed E-state index contributed by atoms with van der Waals surface area (Å²) in [6.07, 6.45) is 0.236. The van der Waals surface area contributed by atoms with E-state index in [0.29, 0.717) is 66.6 Å². The lowest BCUT2D eigenvalue weighted by atomic mass is 9.76. The smallest absolute Gasteiger partial charge is 0.252 e. The maximum Gasteiger partial charge on any atom is 0.252 e. The molecule has 6 fully saturated rings. The van der Waals surface area contributed by atoms with Crippen molar-refractivity contribution in [2.45, 2.75) is 171 Å². The first-order valence-corrected chi connectivity index (χ1v) is 28.1. The molecule has 0 aliphatic carbocycles. The van der Waals surface area contributed by atoms with Crippen LogP contribution in [0, 0.1) is 17.8 Å². The van der Waals surface area contributed by atoms with Crippen molar-refractivity contribution in [3.8, 4) is 5.75 Å². The van der Waals surface area contributed by atoms with E-state index in [4.69, 9.17) is 0 Å². The van der Waals surface area contributed by atoms with Gasteiger partial charge in [-0.1, -0.05) is 103 Å². The van der Waals surface area contributed by atoms with Gasteiger partial charge in [-0.15, -0.1) is 0 Å². The molecule has 0 radical (unpaired) electrons. The molecule has 11 rings (SSSR count). The van der Waals surface area contributed by atoms with Crippen LogP contribution in [0.2, 0.25) is 0 Å². The molecule has 14 atom stereocenters. The van der Waals surface area contributed by atoms with Crippen LogP contribution in [0.1, 0.15) is 110 Å². The van der Waals surface area contributed by atoms with E-state index in [2.05, 4.69) is 26.6 Å². The largest absolute Gasteiger partial charge is 0.508 e. The quantitative estimate of drug-likeness (QED) is 0.180. The molecule has 0 aromatic heterocycles. The third-order valence-corrected chi connectivity index (χ3v) is 18.6. The highest BCUT2D eigenvalue weighted by Crippen LogP contribution is 2.63. The molecule has 7 N–H and O–H groups in total. The van der Waals surface area contributed by atoms with Gasteiger partial charge in [0.15, 0.2) is 0 Å². The zero-order valence-corrected chi connectivity index (χ0v) is 45.1. The number of phenols is 1. The monoisotopic (exact) mass is 1070 g/mol. The van der Waals surface area contributed by atoms with Gasteiger partial charge in [-0.3, -0.25) is 48.6 Å². The normalized spacial score (nSPS) is 33.7. The number of carbonyl (C=O) groups is 8. The van der Waals surface area contributed by atoms with Crippen LogP contribution in [0.15, 0.2) is 72.8 Å². The molecule has 3 aromatic rings. The summed E-state index contributed by atoms with van der Waals surface area (Å²) in [7, 11) is 0. The van der Waals surface area contributed by atoms with Crippen LogP contribution in [-0.4, -0.2) is 146 Å². The van der Waals surface area contributed by atoms with Crippen LogP contribution in [0.25, 0.3) is 0 Å². The molecule has 20 nitrogen and oxygen atoms in total. The topological polar surface area (TPSA) is 253 Å². The molecule has 20 heteroatoms. The molecule has 6 saturated heterocycles. The fraction of sp³-hybridized carbons (Fsp3) is 0.552. The molecule has 414 valence electrons. The fourth-order valence-corrected chi connectivity index (χ4v) is 14.2. The number of fused-ring (bicyclic) bond motifs is 9. The standard InChI is InChI=1S/C58H72N10O10/c1-7-31(5)45-50(73)59-38-28-57(35-15-9-11-17-39(35)66-52(75)43(67(51(38)74)56(57)66)27-33-21-23-34(69)24-22-33)68-40-18-12-10-16-36(40)58(78)29-37(60-55(58)68)47(70)63-46(32(6)8-2)54(77)65-26-14-19-41(65)48(71)61-44(30(3)4)53(76)64-25-13-20-42(64)49(72)62-45/h9-12,15-18,21-24,30-32,37-38,41-46,55-56,60,69,78H,7-8,13-14,19-20,25-29H2,1-6H3,(H,59,73)(H,61,71)(H,62,72)(H,63,70)/t31?,32?,37?,38-,41+,42+,43+,44+,45+,46+,55-,56?,57-,58-/m1/s1. The second kappa shape index (κ2) is 20.0. The van der Waals surface area contributed by atoms with Crippen molar-refractivity contribution in [3.05, 3.63) is 89.5 Å². The van der Waals surface area contributed by atoms with Gasteiger partial charge in [-0.2, -0.15) is 0 Å². The Hall–Kier alpha value is -7.06. The summed E-state index contributed by atoms with van der Waals surface area (Å²) in [5, 5.41) is 39.3. The number of aliphatic hydroxyl groups is 1. The van der Waals surface area contributed by atoms with Crippen molar-refractivity contribution in [1.29, 1.82) is 0 Å². The Bertz CT molecular complexity index is 2960. The zero-order valence-electron chi connectivity index (χ0n) is 45.1. The number of piperidine rings is 1. The summed E-state index contributed by atoms with van der Waals surface area (Å²) in [5.41, 5.74) is -0.289. The number of para-hydroxylation sites is 2. The van der Waals surface area contributed by atoms with Crippen LogP contribution < -0.4 is 36.4 Å². The van der Waals surface area contributed by atoms with Crippen molar-refractivity contribution in [2.75, 3.05) is 22.9 Å². The molecule has 8 aliphatic heterocycles. The van der Waals surface area contributed by atoms with Crippen molar-refractivity contribution in [1.82, 2.24) is 41.3 Å². The summed E-state index contributed by atoms with van der Waals surface area (Å²) in [6.45, 7) is 11.5. The minimum absolute atomic E-state index is 0.0259. The first-order chi connectivity index (χ1) is 37.3. The first-order valence-electron chi connectivity index (χ1n) is 28.1. The second-order valence-corrected chi connectivity index (χ2v) is 23.4. The van der Waals surface area contributed by atoms with E-state index in [9.17, 15) is 29.4 Å². The number of carbonyl (C=O) groups excluding carboxylic acids is 8. The van der Waals surface area contributed by atoms with Crippen molar-refractivity contribution in [2.24, 2.45) is 17.8 Å². The minimum Gasteiger partial charge on any atom is -0.508 e. The highest BCUT2D eigenvalue weighted by Gasteiger charge is 2.73. The highest BCUT2D eigenvalue weighted by atomic mass is 16.3. The lowest BCUT2D eigenvalue weighted by Crippen LogP contribution is -2.73. The molecular formula is C58H72N10O10. The van der Waals surface area contributed by atoms with Crippen molar-refractivity contribution >= 4 is 58.6 Å². The van der Waals surface area contributed by atoms with Crippen LogP contribution >= 0.6 is 0 Å². The Balaban J connectivity index is 1.06. The van der Waals surface area contributed by atoms with E-state index in [1.807, 2.05) is 69.0 Å². The summed E-state index contributed by atoms with van der Waals surface area (Å²) in [5.74, 6) is -5.34. The lowest BCUT2D eigenvalue weighted by molar-refractivity contribution is -0.148. The first kappa shape index (κ1) is 53.0. The zero-order chi connectivity index (χ0) is 55.3. The number of hydrogen-bond donors (Lipinski definition) is 7. The summed E-state index contributed by atoms with van der Waals surface area (Å²) in [4.78, 5) is 128. The van der Waals surface area contributed by atoms with Gasteiger partial charge in [0.1, 0.15) is 71.5 Å². The van der Waals surface area contributed by atoms with Gasteiger partial charge in [0.05, 0.1) is 11.7 Å². The lowest BCUT2D eigenvalue weighted by Gasteiger charge is -2.54. The summed E-state index contributed by atoms with van der Waals surface area (Å²) in [6, 6.07) is 12.3. The number of hydrogen-bond acceptors (Lipinski definition) is 12. The van der Waals surface area contributed by atoms with Crippen LogP contribution in [0.3, 0.4) is 0 Å². The average molecular weight is 1070 g/mol. The van der Waals surface area contributed by atoms with E-state index < -0.39 is 125 Å². The molecular weight excluding hydrogens is 997 g/mol. The maximum absolute atomic E-state index is 15.7. The van der Waals surface area contributed by atoms with E-state index >= 15 is 19.2 Å². The van der Waals surface area contributed by atoms with Crippen molar-refractivity contribution in [3.63, 3.8) is 0 Å². The third-order valence-electron chi connectivity index (χ3n) is 18.6. The molecule has 4 unspecified atom stereocenters. The third kappa shape index (κ3) is 8.20. The molecule has 8 heterocycles. The number of rotatable bonds is 7. The van der Waals surface area contributed by atoms with Crippen LogP contribution in [0.4, 0.5) is 11.4 Å². The number of nitrogens with one attached hydrogen (secondary N) is 5. The summed E-state index contributed by atoms with van der Waals surface area (Å²) >= 11 is 0. The Kier molecular flexibility index (Phi) is 13.6. The van der Waals surface area contributed by atoms with E-state index in [1.54, 1.807) is 47.9 Å².